The van der Waals surface area contributed by atoms with Crippen LogP contribution in [0.3, 0.4) is 0 Å². The highest BCUT2D eigenvalue weighted by Gasteiger charge is 2.51. The number of benzene rings is 2. The Morgan fingerprint density at radius 3 is 2.43 bits per heavy atom. The van der Waals surface area contributed by atoms with Gasteiger partial charge in [0, 0.05) is 11.3 Å². The summed E-state index contributed by atoms with van der Waals surface area (Å²) in [6.07, 6.45) is 7.32. The van der Waals surface area contributed by atoms with Crippen LogP contribution in [0.1, 0.15) is 65.1 Å². The predicted molar refractivity (Wildman–Crippen MR) is 140 cm³/mol. The maximum Gasteiger partial charge on any atom is 0.337 e. The van der Waals surface area contributed by atoms with E-state index >= 15 is 0 Å². The van der Waals surface area contributed by atoms with Gasteiger partial charge in [-0.2, -0.15) is 0 Å². The quantitative estimate of drug-likeness (QED) is 0.360. The molecule has 4 bridgehead atoms. The van der Waals surface area contributed by atoms with Crippen LogP contribution < -0.4 is 5.32 Å². The van der Waals surface area contributed by atoms with E-state index in [1.807, 2.05) is 18.2 Å². The number of rotatable bonds is 7. The van der Waals surface area contributed by atoms with Crippen LogP contribution >= 0.6 is 11.6 Å². The third kappa shape index (κ3) is 4.78. The number of aromatic amines is 1. The van der Waals surface area contributed by atoms with Crippen LogP contribution in [0.4, 0.5) is 5.69 Å². The zero-order valence-corrected chi connectivity index (χ0v) is 21.5. The summed E-state index contributed by atoms with van der Waals surface area (Å²) in [6, 6.07) is 14.0. The maximum atomic E-state index is 13.4. The van der Waals surface area contributed by atoms with Gasteiger partial charge in [-0.1, -0.05) is 29.8 Å². The lowest BCUT2D eigenvalue weighted by atomic mass is 9.54. The molecular weight excluding hydrogens is 490 g/mol. The van der Waals surface area contributed by atoms with E-state index in [1.54, 1.807) is 30.3 Å². The van der Waals surface area contributed by atoms with Crippen molar-refractivity contribution in [3.63, 3.8) is 0 Å². The molecule has 8 heteroatoms. The van der Waals surface area contributed by atoms with Gasteiger partial charge in [-0.05, 0) is 86.6 Å². The lowest BCUT2D eigenvalue weighted by molar-refractivity contribution is -0.169. The number of halogens is 1. The molecule has 0 unspecified atom stereocenters. The van der Waals surface area contributed by atoms with E-state index in [9.17, 15) is 9.59 Å². The molecule has 0 radical (unpaired) electrons. The van der Waals surface area contributed by atoms with E-state index in [4.69, 9.17) is 21.1 Å². The van der Waals surface area contributed by atoms with Gasteiger partial charge in [-0.3, -0.25) is 4.79 Å². The number of esters is 1. The molecule has 0 aliphatic heterocycles. The number of methoxy groups -OCH3 is 1. The number of hydrogen-bond acceptors (Lipinski definition) is 5. The van der Waals surface area contributed by atoms with Crippen molar-refractivity contribution in [1.29, 1.82) is 0 Å². The first kappa shape index (κ1) is 24.2. The summed E-state index contributed by atoms with van der Waals surface area (Å²) in [5.74, 6) is 1.94. The van der Waals surface area contributed by atoms with Gasteiger partial charge in [0.2, 0.25) is 0 Å². The van der Waals surface area contributed by atoms with Crippen LogP contribution in [0, 0.1) is 17.8 Å². The minimum atomic E-state index is -0.471. The van der Waals surface area contributed by atoms with Crippen molar-refractivity contribution in [2.45, 2.75) is 50.7 Å². The van der Waals surface area contributed by atoms with E-state index < -0.39 is 5.97 Å². The highest BCUT2D eigenvalue weighted by Crippen LogP contribution is 2.57. The highest BCUT2D eigenvalue weighted by atomic mass is 35.5. The average molecular weight is 520 g/mol. The zero-order chi connectivity index (χ0) is 25.6. The van der Waals surface area contributed by atoms with E-state index in [2.05, 4.69) is 15.3 Å². The molecular formula is C29H30ClN3O4. The molecule has 2 N–H and O–H groups in total. The van der Waals surface area contributed by atoms with Crippen molar-refractivity contribution in [3.05, 3.63) is 70.5 Å². The lowest BCUT2D eigenvalue weighted by Crippen LogP contribution is -2.51. The van der Waals surface area contributed by atoms with Gasteiger partial charge in [0.25, 0.3) is 5.91 Å². The largest absolute Gasteiger partial charge is 0.465 e. The highest BCUT2D eigenvalue weighted by molar-refractivity contribution is 6.33. The molecule has 2 aromatic carbocycles. The fourth-order valence-corrected chi connectivity index (χ4v) is 7.17. The molecule has 1 amide bonds. The number of carbonyl (C=O) groups is 2. The minimum Gasteiger partial charge on any atom is -0.465 e. The van der Waals surface area contributed by atoms with Gasteiger partial charge in [-0.15, -0.1) is 0 Å². The number of anilines is 1. The third-order valence-corrected chi connectivity index (χ3v) is 8.50. The van der Waals surface area contributed by atoms with Crippen LogP contribution in [-0.2, 0) is 16.1 Å². The third-order valence-electron chi connectivity index (χ3n) is 8.17. The minimum absolute atomic E-state index is 0.104. The van der Waals surface area contributed by atoms with Gasteiger partial charge in [0.1, 0.15) is 5.82 Å². The lowest BCUT2D eigenvalue weighted by Gasteiger charge is -2.56. The molecule has 1 heterocycles. The normalized spacial score (nSPS) is 25.7. The summed E-state index contributed by atoms with van der Waals surface area (Å²) in [5, 5.41) is 3.42. The molecule has 0 atom stereocenters. The molecule has 3 aromatic rings. The molecule has 37 heavy (non-hydrogen) atoms. The van der Waals surface area contributed by atoms with Gasteiger partial charge in [0.05, 0.1) is 35.6 Å². The fourth-order valence-electron chi connectivity index (χ4n) is 6.95. The number of ether oxygens (including phenoxy) is 2. The Morgan fingerprint density at radius 1 is 1.05 bits per heavy atom. The smallest absolute Gasteiger partial charge is 0.337 e. The summed E-state index contributed by atoms with van der Waals surface area (Å²) in [5.41, 5.74) is 2.31. The maximum absolute atomic E-state index is 13.4. The van der Waals surface area contributed by atoms with Crippen molar-refractivity contribution >= 4 is 29.2 Å². The number of nitrogens with zero attached hydrogens (tertiary/aromatic N) is 1. The number of amides is 1. The van der Waals surface area contributed by atoms with Crippen molar-refractivity contribution in [2.75, 3.05) is 12.4 Å². The molecule has 0 spiro atoms. The first-order chi connectivity index (χ1) is 17.9. The predicted octanol–water partition coefficient (Wildman–Crippen LogP) is 6.25. The number of carbonyl (C=O) groups excluding carboxylic acids is 2. The van der Waals surface area contributed by atoms with Crippen LogP contribution in [0.15, 0.2) is 48.5 Å². The fraction of sp³-hybridized carbons (Fsp3) is 0.414. The molecule has 0 saturated heterocycles. The van der Waals surface area contributed by atoms with Crippen LogP contribution in [-0.4, -0.2) is 34.6 Å². The van der Waals surface area contributed by atoms with Gasteiger partial charge >= 0.3 is 5.97 Å². The van der Waals surface area contributed by atoms with Crippen molar-refractivity contribution in [1.82, 2.24) is 9.97 Å². The Balaban J connectivity index is 1.28. The van der Waals surface area contributed by atoms with Crippen LogP contribution in [0.2, 0.25) is 5.02 Å². The summed E-state index contributed by atoms with van der Waals surface area (Å²) < 4.78 is 11.5. The molecule has 192 valence electrons. The molecule has 4 saturated carbocycles. The summed E-state index contributed by atoms with van der Waals surface area (Å²) in [6.45, 7) is 0.272. The number of aromatic nitrogens is 2. The van der Waals surface area contributed by atoms with Crippen LogP contribution in [0.25, 0.3) is 11.4 Å². The number of imidazole rings is 1. The molecule has 7 rings (SSSR count). The monoisotopic (exact) mass is 519 g/mol. The Labute approximate surface area is 220 Å². The molecule has 4 aliphatic rings. The summed E-state index contributed by atoms with van der Waals surface area (Å²) in [4.78, 5) is 33.3. The van der Waals surface area contributed by atoms with Crippen LogP contribution in [0.5, 0.6) is 0 Å². The van der Waals surface area contributed by atoms with E-state index in [1.165, 1.54) is 26.4 Å². The summed E-state index contributed by atoms with van der Waals surface area (Å²) in [7, 11) is 1.32. The molecule has 4 aliphatic carbocycles. The molecule has 1 aromatic heterocycles. The number of H-pyrrole nitrogens is 1. The Hall–Kier alpha value is -3.16. The summed E-state index contributed by atoms with van der Waals surface area (Å²) >= 11 is 6.44. The van der Waals surface area contributed by atoms with Gasteiger partial charge in [0.15, 0.2) is 5.69 Å². The first-order valence-corrected chi connectivity index (χ1v) is 13.3. The second-order valence-corrected chi connectivity index (χ2v) is 11.2. The first-order valence-electron chi connectivity index (χ1n) is 12.9. The Bertz CT molecular complexity index is 1320. The average Bonchev–Trinajstić information content (AvgIpc) is 3.31. The zero-order valence-electron chi connectivity index (χ0n) is 20.8. The van der Waals surface area contributed by atoms with E-state index in [0.717, 1.165) is 37.0 Å². The topological polar surface area (TPSA) is 93.3 Å². The van der Waals surface area contributed by atoms with E-state index in [-0.39, 0.29) is 23.8 Å². The van der Waals surface area contributed by atoms with Crippen molar-refractivity contribution < 1.29 is 19.1 Å². The SMILES string of the molecule is COC(=O)c1cccc(NC(=O)c2nc(-c3ccccc3Cl)[nH]c2COC23CC4CC(CC(C4)C2)C3)c1. The molecule has 7 nitrogen and oxygen atoms in total. The van der Waals surface area contributed by atoms with E-state index in [0.29, 0.717) is 33.4 Å². The number of nitrogens with one attached hydrogen (secondary N) is 2. The second kappa shape index (κ2) is 9.62. The van der Waals surface area contributed by atoms with Crippen molar-refractivity contribution in [2.24, 2.45) is 17.8 Å². The van der Waals surface area contributed by atoms with Crippen molar-refractivity contribution in [3.8, 4) is 11.4 Å². The number of hydrogen-bond donors (Lipinski definition) is 2. The Kier molecular flexibility index (Phi) is 6.29. The van der Waals surface area contributed by atoms with Gasteiger partial charge in [-0.25, -0.2) is 9.78 Å². The molecule has 4 fully saturated rings. The second-order valence-electron chi connectivity index (χ2n) is 10.8. The van der Waals surface area contributed by atoms with Gasteiger partial charge < -0.3 is 19.8 Å². The standard InChI is InChI=1S/C29H30ClN3O4/c1-36-28(35)20-5-4-6-21(12-20)31-27(34)25-24(32-26(33-25)22-7-2-3-8-23(22)30)16-37-29-13-17-9-18(14-29)11-19(10-17)15-29/h2-8,12,17-19H,9-11,13-16H2,1H3,(H,31,34)(H,32,33). The Morgan fingerprint density at radius 2 is 1.76 bits per heavy atom.